The highest BCUT2D eigenvalue weighted by Crippen LogP contribution is 2.29. The third-order valence-corrected chi connectivity index (χ3v) is 2.66. The maximum absolute atomic E-state index is 9.61. The predicted octanol–water partition coefficient (Wildman–Crippen LogP) is 3.40. The summed E-state index contributed by atoms with van der Waals surface area (Å²) in [6.45, 7) is 3.90. The summed E-state index contributed by atoms with van der Waals surface area (Å²) in [7, 11) is 0. The lowest BCUT2D eigenvalue weighted by Crippen LogP contribution is -1.91. The quantitative estimate of drug-likeness (QED) is 0.729. The number of hydrogen-bond donors (Lipinski definition) is 1. The van der Waals surface area contributed by atoms with Crippen LogP contribution in [-0.2, 0) is 0 Å². The van der Waals surface area contributed by atoms with Crippen molar-refractivity contribution in [3.63, 3.8) is 0 Å². The maximum Gasteiger partial charge on any atom is 0.0996 e. The molecule has 0 bridgehead atoms. The first-order chi connectivity index (χ1) is 5.61. The number of thiophene rings is 1. The van der Waals surface area contributed by atoms with Gasteiger partial charge >= 0.3 is 0 Å². The Balaban J connectivity index is 2.85. The summed E-state index contributed by atoms with van der Waals surface area (Å²) in [5.41, 5.74) is 1.88. The lowest BCUT2D eigenvalue weighted by Gasteiger charge is -2.03. The Bertz CT molecular complexity index is 286. The molecule has 0 radical (unpaired) electrons. The standard InChI is InChI=1S/C9H11ClOS/c1-6(2)5-8(11)7-3-4-12-9(7)10/h3-5,8,11H,1-2H3. The molecule has 0 fully saturated rings. The van der Waals surface area contributed by atoms with Crippen LogP contribution in [0.15, 0.2) is 23.1 Å². The third kappa shape index (κ3) is 2.34. The first-order valence-electron chi connectivity index (χ1n) is 3.67. The Morgan fingerprint density at radius 1 is 1.67 bits per heavy atom. The van der Waals surface area contributed by atoms with Gasteiger partial charge in [0.25, 0.3) is 0 Å². The molecule has 1 rings (SSSR count). The number of allylic oxidation sites excluding steroid dienone is 1. The van der Waals surface area contributed by atoms with E-state index in [9.17, 15) is 5.11 Å². The zero-order chi connectivity index (χ0) is 9.14. The highest BCUT2D eigenvalue weighted by molar-refractivity contribution is 7.14. The van der Waals surface area contributed by atoms with Gasteiger partial charge in [-0.3, -0.25) is 0 Å². The fraction of sp³-hybridized carbons (Fsp3) is 0.333. The molecule has 3 heteroatoms. The number of aliphatic hydroxyl groups is 1. The van der Waals surface area contributed by atoms with Gasteiger partial charge in [0.2, 0.25) is 0 Å². The first kappa shape index (κ1) is 9.78. The van der Waals surface area contributed by atoms with Crippen molar-refractivity contribution in [2.75, 3.05) is 0 Å². The van der Waals surface area contributed by atoms with Crippen molar-refractivity contribution in [1.29, 1.82) is 0 Å². The average molecular weight is 203 g/mol. The minimum absolute atomic E-state index is 0.561. The molecule has 1 aromatic rings. The highest BCUT2D eigenvalue weighted by Gasteiger charge is 2.08. The first-order valence-corrected chi connectivity index (χ1v) is 4.93. The molecular formula is C9H11ClOS. The van der Waals surface area contributed by atoms with Crippen LogP contribution in [0, 0.1) is 0 Å². The summed E-state index contributed by atoms with van der Waals surface area (Å²) in [6, 6.07) is 1.84. The van der Waals surface area contributed by atoms with Gasteiger partial charge < -0.3 is 5.11 Å². The topological polar surface area (TPSA) is 20.2 Å². The van der Waals surface area contributed by atoms with Crippen LogP contribution in [0.4, 0.5) is 0 Å². The molecule has 0 saturated heterocycles. The lowest BCUT2D eigenvalue weighted by atomic mass is 10.1. The van der Waals surface area contributed by atoms with Gasteiger partial charge in [-0.25, -0.2) is 0 Å². The second kappa shape index (κ2) is 4.08. The lowest BCUT2D eigenvalue weighted by molar-refractivity contribution is 0.228. The van der Waals surface area contributed by atoms with Crippen molar-refractivity contribution in [3.05, 3.63) is 33.0 Å². The van der Waals surface area contributed by atoms with E-state index in [0.717, 1.165) is 11.1 Å². The molecule has 1 unspecified atom stereocenters. The SMILES string of the molecule is CC(C)=CC(O)c1ccsc1Cl. The summed E-state index contributed by atoms with van der Waals surface area (Å²) in [5, 5.41) is 11.5. The van der Waals surface area contributed by atoms with E-state index < -0.39 is 6.10 Å². The van der Waals surface area contributed by atoms with Crippen molar-refractivity contribution in [1.82, 2.24) is 0 Å². The number of aliphatic hydroxyl groups excluding tert-OH is 1. The Hall–Kier alpha value is -0.310. The van der Waals surface area contributed by atoms with Crippen LogP contribution in [0.25, 0.3) is 0 Å². The highest BCUT2D eigenvalue weighted by atomic mass is 35.5. The van der Waals surface area contributed by atoms with Gasteiger partial charge in [0.1, 0.15) is 0 Å². The number of halogens is 1. The van der Waals surface area contributed by atoms with Crippen LogP contribution in [-0.4, -0.2) is 5.11 Å². The molecule has 12 heavy (non-hydrogen) atoms. The zero-order valence-corrected chi connectivity index (χ0v) is 8.62. The molecule has 66 valence electrons. The Kier molecular flexibility index (Phi) is 3.32. The molecule has 1 N–H and O–H groups in total. The Morgan fingerprint density at radius 2 is 2.33 bits per heavy atom. The monoisotopic (exact) mass is 202 g/mol. The second-order valence-electron chi connectivity index (χ2n) is 2.84. The van der Waals surface area contributed by atoms with E-state index in [1.807, 2.05) is 25.3 Å². The average Bonchev–Trinajstić information content (AvgIpc) is 2.33. The van der Waals surface area contributed by atoms with Crippen LogP contribution >= 0.6 is 22.9 Å². The van der Waals surface area contributed by atoms with Crippen LogP contribution < -0.4 is 0 Å². The van der Waals surface area contributed by atoms with Gasteiger partial charge in [-0.2, -0.15) is 0 Å². The summed E-state index contributed by atoms with van der Waals surface area (Å²) < 4.78 is 0.667. The fourth-order valence-corrected chi connectivity index (χ4v) is 1.91. The molecule has 0 aromatic carbocycles. The molecule has 0 aliphatic heterocycles. The van der Waals surface area contributed by atoms with Crippen molar-refractivity contribution in [2.45, 2.75) is 20.0 Å². The Labute approximate surface area is 81.3 Å². The van der Waals surface area contributed by atoms with Crippen molar-refractivity contribution < 1.29 is 5.11 Å². The predicted molar refractivity (Wildman–Crippen MR) is 53.7 cm³/mol. The van der Waals surface area contributed by atoms with Gasteiger partial charge in [0.15, 0.2) is 0 Å². The summed E-state index contributed by atoms with van der Waals surface area (Å²) in [6.07, 6.45) is 1.22. The summed E-state index contributed by atoms with van der Waals surface area (Å²) in [5.74, 6) is 0. The van der Waals surface area contributed by atoms with E-state index in [0.29, 0.717) is 4.34 Å². The van der Waals surface area contributed by atoms with E-state index in [2.05, 4.69) is 0 Å². The van der Waals surface area contributed by atoms with E-state index >= 15 is 0 Å². The smallest absolute Gasteiger partial charge is 0.0996 e. The van der Waals surface area contributed by atoms with Crippen LogP contribution in [0.5, 0.6) is 0 Å². The van der Waals surface area contributed by atoms with Gasteiger partial charge in [-0.15, -0.1) is 11.3 Å². The van der Waals surface area contributed by atoms with E-state index in [-0.39, 0.29) is 0 Å². The molecule has 0 amide bonds. The minimum Gasteiger partial charge on any atom is -0.384 e. The third-order valence-electron chi connectivity index (χ3n) is 1.46. The van der Waals surface area contributed by atoms with Crippen molar-refractivity contribution >= 4 is 22.9 Å². The summed E-state index contributed by atoms with van der Waals surface area (Å²) in [4.78, 5) is 0. The molecule has 0 saturated carbocycles. The molecule has 1 nitrogen and oxygen atoms in total. The second-order valence-corrected chi connectivity index (χ2v) is 4.36. The van der Waals surface area contributed by atoms with Crippen LogP contribution in [0.3, 0.4) is 0 Å². The molecule has 0 aliphatic rings. The van der Waals surface area contributed by atoms with E-state index in [4.69, 9.17) is 11.6 Å². The van der Waals surface area contributed by atoms with Gasteiger partial charge in [0.05, 0.1) is 10.4 Å². The molecule has 1 atom stereocenters. The van der Waals surface area contributed by atoms with Crippen molar-refractivity contribution in [3.8, 4) is 0 Å². The molecular weight excluding hydrogens is 192 g/mol. The maximum atomic E-state index is 9.61. The Morgan fingerprint density at radius 3 is 2.75 bits per heavy atom. The number of rotatable bonds is 2. The largest absolute Gasteiger partial charge is 0.384 e. The van der Waals surface area contributed by atoms with Crippen LogP contribution in [0.2, 0.25) is 4.34 Å². The molecule has 0 spiro atoms. The molecule has 1 aromatic heterocycles. The zero-order valence-electron chi connectivity index (χ0n) is 7.04. The summed E-state index contributed by atoms with van der Waals surface area (Å²) >= 11 is 7.28. The van der Waals surface area contributed by atoms with Gasteiger partial charge in [-0.05, 0) is 25.3 Å². The fourth-order valence-electron chi connectivity index (χ4n) is 0.921. The van der Waals surface area contributed by atoms with Gasteiger partial charge in [0, 0.05) is 5.56 Å². The normalized spacial score (nSPS) is 12.7. The minimum atomic E-state index is -0.561. The molecule has 0 aliphatic carbocycles. The van der Waals surface area contributed by atoms with Crippen LogP contribution in [0.1, 0.15) is 25.5 Å². The molecule has 1 heterocycles. The van der Waals surface area contributed by atoms with E-state index in [1.54, 1.807) is 6.08 Å². The van der Waals surface area contributed by atoms with E-state index in [1.165, 1.54) is 11.3 Å². The number of hydrogen-bond acceptors (Lipinski definition) is 2. The van der Waals surface area contributed by atoms with Gasteiger partial charge in [-0.1, -0.05) is 23.3 Å². The van der Waals surface area contributed by atoms with Crippen molar-refractivity contribution in [2.24, 2.45) is 0 Å².